The predicted molar refractivity (Wildman–Crippen MR) is 274 cm³/mol. The molecule has 1 atom stereocenters. The fraction of sp³-hybridized carbons (Fsp3) is 0.707. The Morgan fingerprint density at radius 3 is 1.00 bits per heavy atom. The summed E-state index contributed by atoms with van der Waals surface area (Å²) in [7, 11) is 0. The molecule has 366 valence electrons. The molecule has 0 amide bonds. The highest BCUT2D eigenvalue weighted by Crippen LogP contribution is 2.14. The maximum atomic E-state index is 12.8. The van der Waals surface area contributed by atoms with Crippen molar-refractivity contribution in [2.24, 2.45) is 0 Å². The molecule has 6 nitrogen and oxygen atoms in total. The highest BCUT2D eigenvalue weighted by Gasteiger charge is 2.19. The first-order chi connectivity index (χ1) is 31.5. The van der Waals surface area contributed by atoms with E-state index >= 15 is 0 Å². The van der Waals surface area contributed by atoms with E-state index in [1.54, 1.807) is 0 Å². The van der Waals surface area contributed by atoms with Gasteiger partial charge >= 0.3 is 17.9 Å². The first-order valence-corrected chi connectivity index (χ1v) is 26.6. The van der Waals surface area contributed by atoms with Crippen LogP contribution >= 0.6 is 0 Å². The Balaban J connectivity index is 4.44. The zero-order chi connectivity index (χ0) is 46.5. The van der Waals surface area contributed by atoms with Crippen LogP contribution in [-0.2, 0) is 28.6 Å². The second-order valence-electron chi connectivity index (χ2n) is 17.4. The zero-order valence-electron chi connectivity index (χ0n) is 41.8. The fourth-order valence-corrected chi connectivity index (χ4v) is 7.15. The van der Waals surface area contributed by atoms with Crippen LogP contribution in [0, 0.1) is 0 Å². The number of carbonyl (C=O) groups is 3. The molecule has 0 fully saturated rings. The maximum absolute atomic E-state index is 12.8. The van der Waals surface area contributed by atoms with Crippen LogP contribution in [0.4, 0.5) is 0 Å². The van der Waals surface area contributed by atoms with Gasteiger partial charge in [0.15, 0.2) is 6.10 Å². The Morgan fingerprint density at radius 2 is 0.609 bits per heavy atom. The van der Waals surface area contributed by atoms with Crippen LogP contribution in [0.3, 0.4) is 0 Å². The molecule has 0 aliphatic heterocycles. The van der Waals surface area contributed by atoms with Crippen molar-refractivity contribution in [3.8, 4) is 0 Å². The first kappa shape index (κ1) is 60.6. The Kier molecular flexibility index (Phi) is 49.4. The third-order valence-corrected chi connectivity index (χ3v) is 11.1. The van der Waals surface area contributed by atoms with Gasteiger partial charge in [-0.15, -0.1) is 0 Å². The van der Waals surface area contributed by atoms with E-state index in [0.29, 0.717) is 19.3 Å². The normalized spacial score (nSPS) is 12.7. The van der Waals surface area contributed by atoms with Gasteiger partial charge in [-0.05, 0) is 96.3 Å². The van der Waals surface area contributed by atoms with Crippen molar-refractivity contribution in [2.75, 3.05) is 13.2 Å². The van der Waals surface area contributed by atoms with E-state index in [2.05, 4.69) is 106 Å². The summed E-state index contributed by atoms with van der Waals surface area (Å²) >= 11 is 0. The van der Waals surface area contributed by atoms with Crippen LogP contribution in [0.25, 0.3) is 0 Å². The summed E-state index contributed by atoms with van der Waals surface area (Å²) in [5.41, 5.74) is 0. The van der Waals surface area contributed by atoms with Gasteiger partial charge in [0, 0.05) is 19.3 Å². The average Bonchev–Trinajstić information content (AvgIpc) is 3.29. The van der Waals surface area contributed by atoms with Crippen molar-refractivity contribution in [2.45, 2.75) is 252 Å². The van der Waals surface area contributed by atoms with Crippen LogP contribution in [0.15, 0.2) is 85.1 Å². The maximum Gasteiger partial charge on any atom is 0.306 e. The van der Waals surface area contributed by atoms with Crippen molar-refractivity contribution in [3.63, 3.8) is 0 Å². The minimum absolute atomic E-state index is 0.0924. The summed E-state index contributed by atoms with van der Waals surface area (Å²) in [6.07, 6.45) is 67.1. The molecular weight excluding hydrogens is 793 g/mol. The molecule has 0 aliphatic carbocycles. The highest BCUT2D eigenvalue weighted by molar-refractivity contribution is 5.71. The standard InChI is InChI=1S/C58H98O6/c1-4-7-10-13-16-19-22-24-26-27-28-29-30-31-32-34-36-39-42-45-48-51-57(60)63-54-55(53-62-56(59)50-47-44-41-38-35-21-18-15-12-9-6-3)64-58(61)52-49-46-43-40-37-33-25-23-20-17-14-11-8-5-2/h7,10,16,19,23-26,28-29,31-32,36,39,55H,4-6,8-9,11-15,17-18,20-22,27,30,33-35,37-38,40-54H2,1-3H3/b10-7-,19-16-,25-23-,26-24-,29-28-,32-31-,39-36-. The van der Waals surface area contributed by atoms with E-state index < -0.39 is 6.10 Å². The molecule has 64 heavy (non-hydrogen) atoms. The average molecular weight is 891 g/mol. The van der Waals surface area contributed by atoms with Crippen molar-refractivity contribution < 1.29 is 28.6 Å². The molecule has 0 saturated heterocycles. The smallest absolute Gasteiger partial charge is 0.306 e. The molecule has 0 N–H and O–H groups in total. The summed E-state index contributed by atoms with van der Waals surface area (Å²) < 4.78 is 16.8. The highest BCUT2D eigenvalue weighted by atomic mass is 16.6. The van der Waals surface area contributed by atoms with Gasteiger partial charge in [-0.1, -0.05) is 215 Å². The van der Waals surface area contributed by atoms with Crippen molar-refractivity contribution in [3.05, 3.63) is 85.1 Å². The van der Waals surface area contributed by atoms with Gasteiger partial charge in [0.2, 0.25) is 0 Å². The Hall–Kier alpha value is -3.41. The van der Waals surface area contributed by atoms with Gasteiger partial charge in [0.1, 0.15) is 13.2 Å². The lowest BCUT2D eigenvalue weighted by atomic mass is 10.1. The van der Waals surface area contributed by atoms with E-state index in [4.69, 9.17) is 14.2 Å². The molecular formula is C58H98O6. The van der Waals surface area contributed by atoms with E-state index in [1.165, 1.54) is 96.3 Å². The Morgan fingerprint density at radius 1 is 0.328 bits per heavy atom. The summed E-state index contributed by atoms with van der Waals surface area (Å²) in [4.78, 5) is 38.0. The lowest BCUT2D eigenvalue weighted by Crippen LogP contribution is -2.30. The van der Waals surface area contributed by atoms with E-state index in [-0.39, 0.29) is 31.1 Å². The largest absolute Gasteiger partial charge is 0.462 e. The fourth-order valence-electron chi connectivity index (χ4n) is 7.15. The van der Waals surface area contributed by atoms with E-state index in [0.717, 1.165) is 109 Å². The molecule has 0 bridgehead atoms. The first-order valence-electron chi connectivity index (χ1n) is 26.6. The quantitative estimate of drug-likeness (QED) is 0.0262. The molecule has 0 aromatic carbocycles. The Bertz CT molecular complexity index is 1250. The van der Waals surface area contributed by atoms with Gasteiger partial charge in [-0.25, -0.2) is 0 Å². The molecule has 0 aromatic heterocycles. The number of rotatable bonds is 47. The van der Waals surface area contributed by atoms with Gasteiger partial charge in [-0.3, -0.25) is 14.4 Å². The van der Waals surface area contributed by atoms with Crippen LogP contribution in [-0.4, -0.2) is 37.2 Å². The number of esters is 3. The molecule has 0 spiro atoms. The van der Waals surface area contributed by atoms with Crippen LogP contribution in [0.2, 0.25) is 0 Å². The lowest BCUT2D eigenvalue weighted by Gasteiger charge is -2.18. The SMILES string of the molecule is CC/C=C\C/C=C\C/C=C\C/C=C\C/C=C\C/C=C\CCCCC(=O)OCC(COC(=O)CCCCCCCCCCCCC)OC(=O)CCCCCCC/C=C\CCCCCCC. The predicted octanol–water partition coefficient (Wildman–Crippen LogP) is 17.6. The monoisotopic (exact) mass is 891 g/mol. The number of ether oxygens (including phenoxy) is 3. The number of carbonyl (C=O) groups excluding carboxylic acids is 3. The lowest BCUT2D eigenvalue weighted by molar-refractivity contribution is -0.167. The molecule has 6 heteroatoms. The molecule has 1 unspecified atom stereocenters. The number of hydrogen-bond donors (Lipinski definition) is 0. The van der Waals surface area contributed by atoms with E-state index in [9.17, 15) is 14.4 Å². The molecule has 0 aromatic rings. The second kappa shape index (κ2) is 52.2. The summed E-state index contributed by atoms with van der Waals surface area (Å²) in [6, 6.07) is 0. The number of allylic oxidation sites excluding steroid dienone is 14. The number of unbranched alkanes of at least 4 members (excludes halogenated alkanes) is 22. The molecule has 0 saturated carbocycles. The zero-order valence-corrected chi connectivity index (χ0v) is 41.8. The van der Waals surface area contributed by atoms with Gasteiger partial charge < -0.3 is 14.2 Å². The molecule has 0 heterocycles. The van der Waals surface area contributed by atoms with Gasteiger partial charge in [0.05, 0.1) is 0 Å². The van der Waals surface area contributed by atoms with Gasteiger partial charge in [0.25, 0.3) is 0 Å². The van der Waals surface area contributed by atoms with Crippen molar-refractivity contribution in [1.82, 2.24) is 0 Å². The van der Waals surface area contributed by atoms with Crippen LogP contribution in [0.1, 0.15) is 245 Å². The molecule has 0 rings (SSSR count). The summed E-state index contributed by atoms with van der Waals surface area (Å²) in [5, 5.41) is 0. The van der Waals surface area contributed by atoms with Crippen molar-refractivity contribution in [1.29, 1.82) is 0 Å². The molecule has 0 radical (unpaired) electrons. The van der Waals surface area contributed by atoms with Gasteiger partial charge in [-0.2, -0.15) is 0 Å². The second-order valence-corrected chi connectivity index (χ2v) is 17.4. The third-order valence-electron chi connectivity index (χ3n) is 11.1. The third kappa shape index (κ3) is 49.6. The minimum atomic E-state index is -0.796. The molecule has 0 aliphatic rings. The number of hydrogen-bond acceptors (Lipinski definition) is 6. The minimum Gasteiger partial charge on any atom is -0.462 e. The van der Waals surface area contributed by atoms with Crippen molar-refractivity contribution >= 4 is 17.9 Å². The van der Waals surface area contributed by atoms with Crippen LogP contribution in [0.5, 0.6) is 0 Å². The summed E-state index contributed by atoms with van der Waals surface area (Å²) in [5.74, 6) is -0.946. The summed E-state index contributed by atoms with van der Waals surface area (Å²) in [6.45, 7) is 6.46. The van der Waals surface area contributed by atoms with Crippen LogP contribution < -0.4 is 0 Å². The topological polar surface area (TPSA) is 78.9 Å². The van der Waals surface area contributed by atoms with E-state index in [1.807, 2.05) is 0 Å². The Labute approximate surface area is 395 Å².